The number of phenols is 1. The second kappa shape index (κ2) is 10.0. The smallest absolute Gasteiger partial charge is 0.273 e. The lowest BCUT2D eigenvalue weighted by molar-refractivity contribution is 0.0743. The van der Waals surface area contributed by atoms with Gasteiger partial charge in [0.25, 0.3) is 5.91 Å². The van der Waals surface area contributed by atoms with Crippen LogP contribution in [0.4, 0.5) is 0 Å². The number of rotatable bonds is 9. The summed E-state index contributed by atoms with van der Waals surface area (Å²) in [7, 11) is 1.63. The standard InChI is InChI=1S/C28H35N3O4/c1-7-11-31-27(19-8-9-21(22(15-19)34-6)35-12-10-16(2)3)24-25(29-30-26(24)28(31)33)23-18(5)13-17(4)14-20(23)32/h8-9,13-16,27,32H,7,10-12H2,1-6H3,(H,29,30). The van der Waals surface area contributed by atoms with Gasteiger partial charge in [-0.15, -0.1) is 0 Å². The molecule has 186 valence electrons. The lowest BCUT2D eigenvalue weighted by Gasteiger charge is -2.27. The van der Waals surface area contributed by atoms with E-state index in [4.69, 9.17) is 9.47 Å². The summed E-state index contributed by atoms with van der Waals surface area (Å²) >= 11 is 0. The number of nitrogens with zero attached hydrogens (tertiary/aromatic N) is 2. The summed E-state index contributed by atoms with van der Waals surface area (Å²) in [5, 5.41) is 18.3. The summed E-state index contributed by atoms with van der Waals surface area (Å²) in [6.45, 7) is 11.5. The molecule has 2 aromatic carbocycles. The monoisotopic (exact) mass is 477 g/mol. The molecule has 0 radical (unpaired) electrons. The topological polar surface area (TPSA) is 87.7 Å². The number of carbonyl (C=O) groups excluding carboxylic acids is 1. The molecule has 35 heavy (non-hydrogen) atoms. The van der Waals surface area contributed by atoms with Crippen molar-refractivity contribution in [1.82, 2.24) is 15.1 Å². The van der Waals surface area contributed by atoms with Crippen LogP contribution in [0, 0.1) is 19.8 Å². The number of hydrogen-bond donors (Lipinski definition) is 2. The van der Waals surface area contributed by atoms with Gasteiger partial charge in [0.05, 0.1) is 19.8 Å². The number of hydrogen-bond acceptors (Lipinski definition) is 5. The molecule has 1 unspecified atom stereocenters. The second-order valence-electron chi connectivity index (χ2n) is 9.68. The molecule has 4 rings (SSSR count). The minimum absolute atomic E-state index is 0.0916. The minimum Gasteiger partial charge on any atom is -0.507 e. The molecule has 1 amide bonds. The number of fused-ring (bicyclic) bond motifs is 1. The van der Waals surface area contributed by atoms with Crippen molar-refractivity contribution in [2.45, 2.75) is 53.5 Å². The van der Waals surface area contributed by atoms with E-state index in [1.54, 1.807) is 13.2 Å². The van der Waals surface area contributed by atoms with Gasteiger partial charge in [-0.25, -0.2) is 0 Å². The van der Waals surface area contributed by atoms with E-state index in [0.29, 0.717) is 47.5 Å². The third-order valence-corrected chi connectivity index (χ3v) is 6.48. The molecule has 1 aliphatic heterocycles. The molecule has 7 heteroatoms. The van der Waals surface area contributed by atoms with E-state index < -0.39 is 0 Å². The number of methoxy groups -OCH3 is 1. The van der Waals surface area contributed by atoms with Crippen LogP contribution < -0.4 is 9.47 Å². The number of aromatic amines is 1. The van der Waals surface area contributed by atoms with Gasteiger partial charge < -0.3 is 19.5 Å². The molecule has 0 aliphatic carbocycles. The Balaban J connectivity index is 1.81. The molecular formula is C28H35N3O4. The fourth-order valence-corrected chi connectivity index (χ4v) is 4.84. The molecule has 1 atom stereocenters. The highest BCUT2D eigenvalue weighted by Gasteiger charge is 2.42. The Labute approximate surface area is 207 Å². The first-order valence-electron chi connectivity index (χ1n) is 12.3. The van der Waals surface area contributed by atoms with Gasteiger partial charge in [-0.05, 0) is 67.5 Å². The molecule has 0 bridgehead atoms. The second-order valence-corrected chi connectivity index (χ2v) is 9.68. The molecule has 7 nitrogen and oxygen atoms in total. The quantitative estimate of drug-likeness (QED) is 0.407. The Morgan fingerprint density at radius 1 is 1.17 bits per heavy atom. The maximum Gasteiger partial charge on any atom is 0.273 e. The number of benzene rings is 2. The number of amides is 1. The molecule has 2 heterocycles. The molecule has 0 fully saturated rings. The molecule has 0 saturated carbocycles. The van der Waals surface area contributed by atoms with Crippen molar-refractivity contribution in [3.63, 3.8) is 0 Å². The van der Waals surface area contributed by atoms with Crippen molar-refractivity contribution in [2.24, 2.45) is 5.92 Å². The Morgan fingerprint density at radius 3 is 2.60 bits per heavy atom. The predicted octanol–water partition coefficient (Wildman–Crippen LogP) is 5.79. The number of aryl methyl sites for hydroxylation is 2. The van der Waals surface area contributed by atoms with Gasteiger partial charge in [-0.1, -0.05) is 32.9 Å². The number of ether oxygens (including phenoxy) is 2. The summed E-state index contributed by atoms with van der Waals surface area (Å²) in [5.74, 6) is 1.92. The summed E-state index contributed by atoms with van der Waals surface area (Å²) in [4.78, 5) is 15.3. The average molecular weight is 478 g/mol. The first kappa shape index (κ1) is 24.6. The Bertz CT molecular complexity index is 1210. The summed E-state index contributed by atoms with van der Waals surface area (Å²) in [6.07, 6.45) is 1.77. The highest BCUT2D eigenvalue weighted by Crippen LogP contribution is 2.46. The van der Waals surface area contributed by atoms with E-state index in [2.05, 4.69) is 31.0 Å². The Morgan fingerprint density at radius 2 is 1.94 bits per heavy atom. The predicted molar refractivity (Wildman–Crippen MR) is 136 cm³/mol. The van der Waals surface area contributed by atoms with E-state index in [-0.39, 0.29) is 17.7 Å². The first-order valence-corrected chi connectivity index (χ1v) is 12.3. The zero-order valence-corrected chi connectivity index (χ0v) is 21.4. The van der Waals surface area contributed by atoms with E-state index >= 15 is 0 Å². The zero-order valence-electron chi connectivity index (χ0n) is 21.4. The third-order valence-electron chi connectivity index (χ3n) is 6.48. The lowest BCUT2D eigenvalue weighted by atomic mass is 9.93. The van der Waals surface area contributed by atoms with Crippen LogP contribution in [0.15, 0.2) is 30.3 Å². The molecule has 0 spiro atoms. The van der Waals surface area contributed by atoms with Crippen molar-refractivity contribution in [3.8, 4) is 28.5 Å². The molecule has 1 aliphatic rings. The van der Waals surface area contributed by atoms with Gasteiger partial charge in [-0.2, -0.15) is 5.10 Å². The maximum absolute atomic E-state index is 13.4. The summed E-state index contributed by atoms with van der Waals surface area (Å²) in [5.41, 5.74) is 5.27. The highest BCUT2D eigenvalue weighted by atomic mass is 16.5. The van der Waals surface area contributed by atoms with Crippen LogP contribution in [0.1, 0.15) is 72.4 Å². The van der Waals surface area contributed by atoms with Gasteiger partial charge in [0.15, 0.2) is 11.5 Å². The number of aromatic nitrogens is 2. The Kier molecular flexibility index (Phi) is 7.05. The van der Waals surface area contributed by atoms with Crippen molar-refractivity contribution < 1.29 is 19.4 Å². The van der Waals surface area contributed by atoms with Crippen molar-refractivity contribution in [3.05, 3.63) is 58.3 Å². The molecular weight excluding hydrogens is 442 g/mol. The van der Waals surface area contributed by atoms with Gasteiger partial charge in [0.1, 0.15) is 17.1 Å². The van der Waals surface area contributed by atoms with Gasteiger partial charge in [-0.3, -0.25) is 9.89 Å². The number of aromatic hydroxyl groups is 1. The van der Waals surface area contributed by atoms with Gasteiger partial charge in [0.2, 0.25) is 0 Å². The first-order chi connectivity index (χ1) is 16.8. The van der Waals surface area contributed by atoms with Crippen molar-refractivity contribution in [1.29, 1.82) is 0 Å². The van der Waals surface area contributed by atoms with E-state index in [9.17, 15) is 9.90 Å². The van der Waals surface area contributed by atoms with Crippen LogP contribution in [0.3, 0.4) is 0 Å². The maximum atomic E-state index is 13.4. The number of H-pyrrole nitrogens is 1. The fourth-order valence-electron chi connectivity index (χ4n) is 4.84. The van der Waals surface area contributed by atoms with Crippen LogP contribution in [-0.4, -0.2) is 46.4 Å². The van der Waals surface area contributed by atoms with E-state index in [1.165, 1.54) is 0 Å². The highest BCUT2D eigenvalue weighted by molar-refractivity contribution is 6.00. The SMILES string of the molecule is CCCN1C(=O)c2[nH]nc(-c3c(C)cc(C)cc3O)c2C1c1ccc(OCCC(C)C)c(OC)c1. The molecule has 3 aromatic rings. The number of carbonyl (C=O) groups is 1. The van der Waals surface area contributed by atoms with E-state index in [0.717, 1.165) is 35.1 Å². The molecule has 1 aromatic heterocycles. The van der Waals surface area contributed by atoms with Crippen molar-refractivity contribution >= 4 is 5.91 Å². The average Bonchev–Trinajstić information content (AvgIpc) is 3.33. The Hall–Kier alpha value is -3.48. The molecule has 0 saturated heterocycles. The van der Waals surface area contributed by atoms with Gasteiger partial charge >= 0.3 is 0 Å². The lowest BCUT2D eigenvalue weighted by Crippen LogP contribution is -2.30. The van der Waals surface area contributed by atoms with Crippen LogP contribution in [-0.2, 0) is 0 Å². The van der Waals surface area contributed by atoms with Crippen LogP contribution in [0.2, 0.25) is 0 Å². The normalized spacial score (nSPS) is 15.1. The number of phenolic OH excluding ortho intramolecular Hbond substituents is 1. The molecule has 2 N–H and O–H groups in total. The van der Waals surface area contributed by atoms with Crippen LogP contribution >= 0.6 is 0 Å². The van der Waals surface area contributed by atoms with Crippen LogP contribution in [0.25, 0.3) is 11.3 Å². The van der Waals surface area contributed by atoms with Crippen molar-refractivity contribution in [2.75, 3.05) is 20.3 Å². The number of nitrogens with one attached hydrogen (secondary N) is 1. The summed E-state index contributed by atoms with van der Waals surface area (Å²) in [6, 6.07) is 9.23. The fraction of sp³-hybridized carbons (Fsp3) is 0.429. The van der Waals surface area contributed by atoms with Crippen LogP contribution in [0.5, 0.6) is 17.2 Å². The third kappa shape index (κ3) is 4.59. The van der Waals surface area contributed by atoms with Gasteiger partial charge in [0, 0.05) is 17.7 Å². The van der Waals surface area contributed by atoms with E-state index in [1.807, 2.05) is 43.0 Å². The summed E-state index contributed by atoms with van der Waals surface area (Å²) < 4.78 is 11.7. The largest absolute Gasteiger partial charge is 0.507 e. The zero-order chi connectivity index (χ0) is 25.3. The minimum atomic E-state index is -0.357.